The van der Waals surface area contributed by atoms with Crippen LogP contribution in [0.15, 0.2) is 18.2 Å². The first-order valence-corrected chi connectivity index (χ1v) is 6.87. The fraction of sp³-hybridized carbons (Fsp3) is 0.364. The van der Waals surface area contributed by atoms with Crippen LogP contribution in [0.25, 0.3) is 0 Å². The van der Waals surface area contributed by atoms with E-state index >= 15 is 0 Å². The normalized spacial score (nSPS) is 13.1. The smallest absolute Gasteiger partial charge is 0.234 e. The third-order valence-electron chi connectivity index (χ3n) is 2.56. The lowest BCUT2D eigenvalue weighted by molar-refractivity contribution is -0.118. The van der Waals surface area contributed by atoms with Crippen molar-refractivity contribution in [1.82, 2.24) is 5.32 Å². The van der Waals surface area contributed by atoms with Gasteiger partial charge in [0.25, 0.3) is 0 Å². The van der Waals surface area contributed by atoms with Crippen molar-refractivity contribution in [2.75, 3.05) is 12.8 Å². The minimum Gasteiger partial charge on any atom is -0.358 e. The molecule has 1 rings (SSSR count). The molecule has 0 heterocycles. The molecule has 0 aromatic heterocycles. The van der Waals surface area contributed by atoms with Crippen LogP contribution in [0.5, 0.6) is 0 Å². The zero-order chi connectivity index (χ0) is 13.9. The Balaban J connectivity index is 3.14. The van der Waals surface area contributed by atoms with Gasteiger partial charge in [-0.3, -0.25) is 4.79 Å². The van der Waals surface area contributed by atoms with E-state index < -0.39 is 43.9 Å². The molecule has 1 aromatic rings. The number of carbonyl (C=O) groups excluding carboxylic acids is 1. The third-order valence-corrected chi connectivity index (χ3v) is 4.53. The van der Waals surface area contributed by atoms with E-state index in [-0.39, 0.29) is 0 Å². The number of carbonyl (C=O) groups is 1. The molecule has 1 atom stereocenters. The van der Waals surface area contributed by atoms with Gasteiger partial charge in [-0.25, -0.2) is 17.2 Å². The number of rotatable bonds is 4. The van der Waals surface area contributed by atoms with Crippen molar-refractivity contribution in [1.29, 1.82) is 0 Å². The molecule has 18 heavy (non-hydrogen) atoms. The molecule has 7 heteroatoms. The Hall–Kier alpha value is -1.50. The van der Waals surface area contributed by atoms with Gasteiger partial charge in [0.1, 0.15) is 17.4 Å². The maximum atomic E-state index is 13.4. The minimum atomic E-state index is -3.96. The Morgan fingerprint density at radius 1 is 1.33 bits per heavy atom. The Kier molecular flexibility index (Phi) is 4.39. The second-order valence-corrected chi connectivity index (χ2v) is 6.08. The van der Waals surface area contributed by atoms with Crippen molar-refractivity contribution in [2.45, 2.75) is 12.2 Å². The number of hydrogen-bond donors (Lipinski definition) is 1. The molecule has 100 valence electrons. The standard InChI is InChI=1S/C11H13F2NO3S/c1-7(18(16,17)6-10(15)14-2)11-8(12)4-3-5-9(11)13/h3-5,7H,6H2,1-2H3,(H,14,15). The third kappa shape index (κ3) is 3.04. The van der Waals surface area contributed by atoms with Crippen LogP contribution in [-0.2, 0) is 14.6 Å². The topological polar surface area (TPSA) is 63.2 Å². The lowest BCUT2D eigenvalue weighted by Gasteiger charge is -2.14. The second-order valence-electron chi connectivity index (χ2n) is 3.76. The molecule has 0 saturated carbocycles. The number of halogens is 2. The predicted octanol–water partition coefficient (Wildman–Crippen LogP) is 1.19. The quantitative estimate of drug-likeness (QED) is 0.899. The predicted molar refractivity (Wildman–Crippen MR) is 62.6 cm³/mol. The molecule has 0 saturated heterocycles. The summed E-state index contributed by atoms with van der Waals surface area (Å²) >= 11 is 0. The Morgan fingerprint density at radius 3 is 2.28 bits per heavy atom. The van der Waals surface area contributed by atoms with E-state index in [1.807, 2.05) is 0 Å². The summed E-state index contributed by atoms with van der Waals surface area (Å²) in [5.74, 6) is -3.41. The summed E-state index contributed by atoms with van der Waals surface area (Å²) in [6.07, 6.45) is 0. The molecule has 0 aliphatic carbocycles. The van der Waals surface area contributed by atoms with Gasteiger partial charge in [0.05, 0.1) is 5.25 Å². The highest BCUT2D eigenvalue weighted by Crippen LogP contribution is 2.27. The average molecular weight is 277 g/mol. The lowest BCUT2D eigenvalue weighted by Crippen LogP contribution is -2.29. The van der Waals surface area contributed by atoms with Gasteiger partial charge in [0, 0.05) is 12.6 Å². The molecular formula is C11H13F2NO3S. The van der Waals surface area contributed by atoms with Gasteiger partial charge in [-0.05, 0) is 19.1 Å². The van der Waals surface area contributed by atoms with Gasteiger partial charge in [0.2, 0.25) is 5.91 Å². The molecule has 1 N–H and O–H groups in total. The largest absolute Gasteiger partial charge is 0.358 e. The highest BCUT2D eigenvalue weighted by atomic mass is 32.2. The summed E-state index contributed by atoms with van der Waals surface area (Å²) in [6, 6.07) is 3.10. The molecule has 1 amide bonds. The summed E-state index contributed by atoms with van der Waals surface area (Å²) in [5.41, 5.74) is -0.540. The van der Waals surface area contributed by atoms with Gasteiger partial charge in [-0.1, -0.05) is 6.07 Å². The zero-order valence-electron chi connectivity index (χ0n) is 9.91. The summed E-state index contributed by atoms with van der Waals surface area (Å²) in [4.78, 5) is 11.1. The van der Waals surface area contributed by atoms with E-state index in [9.17, 15) is 22.0 Å². The van der Waals surface area contributed by atoms with Gasteiger partial charge in [-0.2, -0.15) is 0 Å². The van der Waals surface area contributed by atoms with Crippen LogP contribution in [0.3, 0.4) is 0 Å². The second kappa shape index (κ2) is 5.43. The van der Waals surface area contributed by atoms with E-state index in [4.69, 9.17) is 0 Å². The monoisotopic (exact) mass is 277 g/mol. The molecule has 0 aliphatic rings. The molecule has 0 aliphatic heterocycles. The number of benzene rings is 1. The van der Waals surface area contributed by atoms with Crippen LogP contribution in [0.1, 0.15) is 17.7 Å². The summed E-state index contributed by atoms with van der Waals surface area (Å²) in [6.45, 7) is 1.15. The SMILES string of the molecule is CNC(=O)CS(=O)(=O)C(C)c1c(F)cccc1F. The maximum absolute atomic E-state index is 13.4. The van der Waals surface area contributed by atoms with Crippen LogP contribution >= 0.6 is 0 Å². The van der Waals surface area contributed by atoms with Crippen molar-refractivity contribution < 1.29 is 22.0 Å². The van der Waals surface area contributed by atoms with Crippen LogP contribution in [0.2, 0.25) is 0 Å². The van der Waals surface area contributed by atoms with Crippen molar-refractivity contribution in [3.63, 3.8) is 0 Å². The molecule has 0 bridgehead atoms. The van der Waals surface area contributed by atoms with Crippen molar-refractivity contribution in [3.05, 3.63) is 35.4 Å². The summed E-state index contributed by atoms with van der Waals surface area (Å²) in [5, 5.41) is 0.731. The van der Waals surface area contributed by atoms with E-state index in [0.29, 0.717) is 0 Å². The van der Waals surface area contributed by atoms with Crippen LogP contribution in [0, 0.1) is 11.6 Å². The summed E-state index contributed by atoms with van der Waals surface area (Å²) in [7, 11) is -2.68. The Bertz CT molecular complexity index is 537. The van der Waals surface area contributed by atoms with Crippen molar-refractivity contribution >= 4 is 15.7 Å². The number of sulfone groups is 1. The number of amides is 1. The highest BCUT2D eigenvalue weighted by molar-refractivity contribution is 7.92. The Morgan fingerprint density at radius 2 is 1.83 bits per heavy atom. The fourth-order valence-corrected chi connectivity index (χ4v) is 2.80. The lowest BCUT2D eigenvalue weighted by atomic mass is 10.1. The van der Waals surface area contributed by atoms with E-state index in [2.05, 4.69) is 5.32 Å². The van der Waals surface area contributed by atoms with Crippen LogP contribution < -0.4 is 5.32 Å². The molecule has 0 fully saturated rings. The molecule has 1 unspecified atom stereocenters. The van der Waals surface area contributed by atoms with Gasteiger partial charge in [0.15, 0.2) is 9.84 Å². The minimum absolute atomic E-state index is 0.540. The maximum Gasteiger partial charge on any atom is 0.234 e. The van der Waals surface area contributed by atoms with Gasteiger partial charge >= 0.3 is 0 Å². The van der Waals surface area contributed by atoms with Crippen LogP contribution in [0.4, 0.5) is 8.78 Å². The van der Waals surface area contributed by atoms with E-state index in [1.54, 1.807) is 0 Å². The van der Waals surface area contributed by atoms with E-state index in [1.165, 1.54) is 7.05 Å². The van der Waals surface area contributed by atoms with Crippen molar-refractivity contribution in [3.8, 4) is 0 Å². The molecule has 4 nitrogen and oxygen atoms in total. The zero-order valence-corrected chi connectivity index (χ0v) is 10.7. The molecule has 0 spiro atoms. The molecule has 0 radical (unpaired) electrons. The number of nitrogens with one attached hydrogen (secondary N) is 1. The van der Waals surface area contributed by atoms with Crippen LogP contribution in [-0.4, -0.2) is 27.1 Å². The summed E-state index contributed by atoms with van der Waals surface area (Å²) < 4.78 is 50.5. The van der Waals surface area contributed by atoms with Gasteiger partial charge in [-0.15, -0.1) is 0 Å². The average Bonchev–Trinajstić information content (AvgIpc) is 2.27. The van der Waals surface area contributed by atoms with Gasteiger partial charge < -0.3 is 5.32 Å². The Labute approximate surface area is 104 Å². The first-order valence-electron chi connectivity index (χ1n) is 5.15. The van der Waals surface area contributed by atoms with Crippen molar-refractivity contribution in [2.24, 2.45) is 0 Å². The first-order chi connectivity index (χ1) is 8.29. The number of hydrogen-bond acceptors (Lipinski definition) is 3. The highest BCUT2D eigenvalue weighted by Gasteiger charge is 2.29. The fourth-order valence-electron chi connectivity index (χ4n) is 1.46. The molecular weight excluding hydrogens is 264 g/mol. The van der Waals surface area contributed by atoms with E-state index in [0.717, 1.165) is 25.1 Å². The first kappa shape index (κ1) is 14.6. The molecule has 1 aromatic carbocycles.